The monoisotopic (exact) mass is 386 g/mol. The van der Waals surface area contributed by atoms with Crippen LogP contribution in [0.3, 0.4) is 0 Å². The van der Waals surface area contributed by atoms with Gasteiger partial charge in [-0.25, -0.2) is 0 Å². The number of pyridine rings is 1. The number of benzene rings is 2. The number of hydrogen-bond acceptors (Lipinski definition) is 5. The van der Waals surface area contributed by atoms with Crippen molar-refractivity contribution in [1.29, 1.82) is 0 Å². The zero-order valence-corrected chi connectivity index (χ0v) is 16.5. The van der Waals surface area contributed by atoms with Crippen LogP contribution in [0, 0.1) is 0 Å². The molecule has 0 amide bonds. The van der Waals surface area contributed by atoms with Crippen molar-refractivity contribution < 1.29 is 14.3 Å². The molecule has 0 bridgehead atoms. The number of allylic oxidation sites excluding steroid dienone is 1. The molecule has 29 heavy (non-hydrogen) atoms. The molecule has 5 nitrogen and oxygen atoms in total. The average molecular weight is 386 g/mol. The predicted octanol–water partition coefficient (Wildman–Crippen LogP) is 4.93. The van der Waals surface area contributed by atoms with Gasteiger partial charge in [-0.05, 0) is 54.3 Å². The molecule has 1 N–H and O–H groups in total. The minimum absolute atomic E-state index is 0.209. The third-order valence-corrected chi connectivity index (χ3v) is 5.87. The average Bonchev–Trinajstić information content (AvgIpc) is 2.77. The molecule has 0 saturated heterocycles. The Balaban J connectivity index is 1.73. The van der Waals surface area contributed by atoms with Gasteiger partial charge in [0.25, 0.3) is 0 Å². The van der Waals surface area contributed by atoms with E-state index in [4.69, 9.17) is 9.47 Å². The number of anilines is 1. The molecule has 5 heteroatoms. The molecule has 1 aliphatic carbocycles. The van der Waals surface area contributed by atoms with Gasteiger partial charge in [0.05, 0.1) is 25.8 Å². The first-order valence-electron chi connectivity index (χ1n) is 9.84. The summed E-state index contributed by atoms with van der Waals surface area (Å²) in [5.74, 6) is 1.55. The Morgan fingerprint density at radius 3 is 2.72 bits per heavy atom. The molecule has 0 fully saturated rings. The summed E-state index contributed by atoms with van der Waals surface area (Å²) in [6.45, 7) is 0. The number of nitrogens with one attached hydrogen (secondary N) is 1. The second-order valence-corrected chi connectivity index (χ2v) is 7.42. The number of methoxy groups -OCH3 is 2. The van der Waals surface area contributed by atoms with Gasteiger partial charge in [-0.15, -0.1) is 0 Å². The van der Waals surface area contributed by atoms with Gasteiger partial charge in [-0.3, -0.25) is 9.78 Å². The first-order chi connectivity index (χ1) is 14.2. The molecule has 5 rings (SSSR count). The number of nitrogens with zero attached hydrogens (tertiary/aromatic N) is 1. The van der Waals surface area contributed by atoms with Crippen LogP contribution in [-0.2, 0) is 4.79 Å². The van der Waals surface area contributed by atoms with Crippen LogP contribution in [-0.4, -0.2) is 25.0 Å². The van der Waals surface area contributed by atoms with Crippen LogP contribution >= 0.6 is 0 Å². The van der Waals surface area contributed by atoms with Crippen molar-refractivity contribution in [3.8, 4) is 11.5 Å². The lowest BCUT2D eigenvalue weighted by atomic mass is 9.77. The number of carbonyl (C=O) groups excluding carboxylic acids is 1. The summed E-state index contributed by atoms with van der Waals surface area (Å²) in [5.41, 5.74) is 6.11. The molecule has 2 aromatic carbocycles. The van der Waals surface area contributed by atoms with Crippen LogP contribution in [0.4, 0.5) is 5.69 Å². The number of fused-ring (bicyclic) bond motifs is 4. The topological polar surface area (TPSA) is 60.5 Å². The Bertz CT molecular complexity index is 1170. The smallest absolute Gasteiger partial charge is 0.161 e. The molecule has 0 unspecified atom stereocenters. The maximum absolute atomic E-state index is 13.1. The van der Waals surface area contributed by atoms with E-state index in [-0.39, 0.29) is 11.8 Å². The zero-order valence-electron chi connectivity index (χ0n) is 16.5. The lowest BCUT2D eigenvalue weighted by Crippen LogP contribution is -2.27. The third kappa shape index (κ3) is 2.77. The van der Waals surface area contributed by atoms with Crippen LogP contribution in [0.5, 0.6) is 11.5 Å². The molecular weight excluding hydrogens is 364 g/mol. The van der Waals surface area contributed by atoms with Crippen molar-refractivity contribution in [2.75, 3.05) is 19.5 Å². The van der Waals surface area contributed by atoms with E-state index in [1.165, 1.54) is 0 Å². The molecule has 0 spiro atoms. The van der Waals surface area contributed by atoms with Crippen molar-refractivity contribution in [1.82, 2.24) is 4.98 Å². The first kappa shape index (κ1) is 17.7. The Labute approximate surface area is 169 Å². The van der Waals surface area contributed by atoms with E-state index in [9.17, 15) is 4.79 Å². The van der Waals surface area contributed by atoms with Crippen LogP contribution in [0.2, 0.25) is 0 Å². The van der Waals surface area contributed by atoms with Gasteiger partial charge in [-0.2, -0.15) is 0 Å². The van der Waals surface area contributed by atoms with Crippen molar-refractivity contribution in [3.63, 3.8) is 0 Å². The second kappa shape index (κ2) is 6.92. The molecule has 1 aromatic heterocycles. The highest BCUT2D eigenvalue weighted by Gasteiger charge is 2.35. The van der Waals surface area contributed by atoms with Gasteiger partial charge in [0.2, 0.25) is 0 Å². The molecule has 0 saturated carbocycles. The van der Waals surface area contributed by atoms with Gasteiger partial charge < -0.3 is 14.8 Å². The normalized spacial score (nSPS) is 18.1. The minimum Gasteiger partial charge on any atom is -0.493 e. The molecule has 1 aliphatic heterocycles. The standard InChI is InChI=1S/C24H22N2O3/c1-28-20-11-8-14(13-21(20)29-2)24-23-16(5-3-7-19(23)27)22-15-6-4-12-25-17(15)9-10-18(22)26-24/h4,6,8-13,24,26H,3,5,7H2,1-2H3/t24-/m0/s1. The van der Waals surface area contributed by atoms with Gasteiger partial charge in [0, 0.05) is 34.8 Å². The van der Waals surface area contributed by atoms with Crippen molar-refractivity contribution in [2.45, 2.75) is 25.3 Å². The summed E-state index contributed by atoms with van der Waals surface area (Å²) in [4.78, 5) is 17.6. The summed E-state index contributed by atoms with van der Waals surface area (Å²) in [6, 6.07) is 13.8. The van der Waals surface area contributed by atoms with E-state index in [1.54, 1.807) is 20.4 Å². The highest BCUT2D eigenvalue weighted by molar-refractivity contribution is 6.12. The highest BCUT2D eigenvalue weighted by atomic mass is 16.5. The van der Waals surface area contributed by atoms with E-state index in [1.807, 2.05) is 30.3 Å². The SMILES string of the molecule is COc1ccc([C@@H]2Nc3ccc4ncccc4c3C3=C2C(=O)CCC3)cc1OC. The fourth-order valence-electron chi connectivity index (χ4n) is 4.57. The molecule has 146 valence electrons. The molecule has 3 aromatic rings. The fourth-order valence-corrected chi connectivity index (χ4v) is 4.57. The van der Waals surface area contributed by atoms with E-state index in [2.05, 4.69) is 22.4 Å². The van der Waals surface area contributed by atoms with Gasteiger partial charge in [0.1, 0.15) is 0 Å². The lowest BCUT2D eigenvalue weighted by molar-refractivity contribution is -0.116. The number of Topliss-reactive ketones (excluding diaryl/α,β-unsaturated/α-hetero) is 1. The summed E-state index contributed by atoms with van der Waals surface area (Å²) in [7, 11) is 3.25. The highest BCUT2D eigenvalue weighted by Crippen LogP contribution is 2.48. The van der Waals surface area contributed by atoms with Gasteiger partial charge in [-0.1, -0.05) is 12.1 Å². The van der Waals surface area contributed by atoms with Gasteiger partial charge >= 0.3 is 0 Å². The van der Waals surface area contributed by atoms with Gasteiger partial charge in [0.15, 0.2) is 17.3 Å². The Morgan fingerprint density at radius 2 is 1.90 bits per heavy atom. The van der Waals surface area contributed by atoms with Crippen molar-refractivity contribution in [3.05, 3.63) is 65.4 Å². The largest absolute Gasteiger partial charge is 0.493 e. The van der Waals surface area contributed by atoms with Crippen LogP contribution < -0.4 is 14.8 Å². The molecule has 0 radical (unpaired) electrons. The number of ether oxygens (including phenoxy) is 2. The van der Waals surface area contributed by atoms with E-state index in [0.717, 1.165) is 51.7 Å². The van der Waals surface area contributed by atoms with Crippen LogP contribution in [0.25, 0.3) is 16.5 Å². The van der Waals surface area contributed by atoms with Crippen LogP contribution in [0.1, 0.15) is 36.4 Å². The molecule has 1 atom stereocenters. The Morgan fingerprint density at radius 1 is 1.03 bits per heavy atom. The number of aromatic nitrogens is 1. The Kier molecular flexibility index (Phi) is 4.23. The Hall–Kier alpha value is -3.34. The summed E-state index contributed by atoms with van der Waals surface area (Å²) in [6.07, 6.45) is 4.17. The number of carbonyl (C=O) groups is 1. The van der Waals surface area contributed by atoms with Crippen molar-refractivity contribution >= 4 is 27.9 Å². The fraction of sp³-hybridized carbons (Fsp3) is 0.250. The maximum Gasteiger partial charge on any atom is 0.161 e. The number of hydrogen-bond donors (Lipinski definition) is 1. The summed E-state index contributed by atoms with van der Waals surface area (Å²) < 4.78 is 10.9. The number of ketones is 1. The van der Waals surface area contributed by atoms with Crippen LogP contribution in [0.15, 0.2) is 54.2 Å². The third-order valence-electron chi connectivity index (χ3n) is 5.87. The zero-order chi connectivity index (χ0) is 20.0. The number of rotatable bonds is 3. The second-order valence-electron chi connectivity index (χ2n) is 7.42. The molecule has 2 aliphatic rings. The van der Waals surface area contributed by atoms with E-state index < -0.39 is 0 Å². The van der Waals surface area contributed by atoms with E-state index >= 15 is 0 Å². The summed E-state index contributed by atoms with van der Waals surface area (Å²) in [5, 5.41) is 4.71. The first-order valence-corrected chi connectivity index (χ1v) is 9.84. The quantitative estimate of drug-likeness (QED) is 0.692. The summed E-state index contributed by atoms with van der Waals surface area (Å²) >= 11 is 0. The van der Waals surface area contributed by atoms with Crippen molar-refractivity contribution in [2.24, 2.45) is 0 Å². The maximum atomic E-state index is 13.1. The molecule has 2 heterocycles. The lowest BCUT2D eigenvalue weighted by Gasteiger charge is -2.35. The predicted molar refractivity (Wildman–Crippen MR) is 113 cm³/mol. The van der Waals surface area contributed by atoms with E-state index in [0.29, 0.717) is 17.9 Å². The minimum atomic E-state index is -0.209. The molecular formula is C24H22N2O3.